The molecule has 0 unspecified atom stereocenters. The summed E-state index contributed by atoms with van der Waals surface area (Å²) in [5.41, 5.74) is 0.679. The third-order valence-corrected chi connectivity index (χ3v) is 4.74. The number of nitrogens with zero attached hydrogens (tertiary/aromatic N) is 3. The number of ether oxygens (including phenoxy) is 1. The van der Waals surface area contributed by atoms with E-state index >= 15 is 0 Å². The summed E-state index contributed by atoms with van der Waals surface area (Å²) in [5, 5.41) is 1.05. The van der Waals surface area contributed by atoms with Crippen LogP contribution in [0.25, 0.3) is 0 Å². The number of aryl methyl sites for hydroxylation is 1. The van der Waals surface area contributed by atoms with Crippen LogP contribution in [0, 0.1) is 6.92 Å². The van der Waals surface area contributed by atoms with Crippen LogP contribution in [0.4, 0.5) is 5.13 Å². The smallest absolute Gasteiger partial charge is 0.254 e. The molecule has 22 heavy (non-hydrogen) atoms. The van der Waals surface area contributed by atoms with E-state index in [1.807, 2.05) is 29.3 Å². The van der Waals surface area contributed by atoms with Crippen molar-refractivity contribution in [2.24, 2.45) is 0 Å². The van der Waals surface area contributed by atoms with Crippen LogP contribution in [0.3, 0.4) is 0 Å². The van der Waals surface area contributed by atoms with Crippen molar-refractivity contribution >= 4 is 22.4 Å². The van der Waals surface area contributed by atoms with Crippen molar-refractivity contribution in [3.05, 3.63) is 40.9 Å². The topological polar surface area (TPSA) is 45.7 Å². The Morgan fingerprint density at radius 2 is 2.05 bits per heavy atom. The number of hydrogen-bond donors (Lipinski definition) is 0. The zero-order valence-corrected chi connectivity index (χ0v) is 13.6. The van der Waals surface area contributed by atoms with Crippen molar-refractivity contribution in [1.82, 2.24) is 9.88 Å². The maximum absolute atomic E-state index is 12.6. The van der Waals surface area contributed by atoms with E-state index in [0.717, 1.165) is 18.2 Å². The minimum Gasteiger partial charge on any atom is -0.497 e. The number of rotatable bonds is 3. The number of carbonyl (C=O) groups excluding carboxylic acids is 1. The molecule has 1 aliphatic rings. The number of hydrogen-bond acceptors (Lipinski definition) is 5. The number of benzene rings is 1. The number of thiazole rings is 1. The number of piperazine rings is 1. The lowest BCUT2D eigenvalue weighted by atomic mass is 10.1. The van der Waals surface area contributed by atoms with Crippen molar-refractivity contribution in [3.63, 3.8) is 0 Å². The van der Waals surface area contributed by atoms with Crippen LogP contribution in [0.5, 0.6) is 5.75 Å². The average Bonchev–Trinajstić information content (AvgIpc) is 3.01. The van der Waals surface area contributed by atoms with Gasteiger partial charge in [0.15, 0.2) is 5.13 Å². The Balaban J connectivity index is 1.64. The molecule has 3 rings (SSSR count). The molecular weight excluding hydrogens is 298 g/mol. The van der Waals surface area contributed by atoms with Crippen LogP contribution in [-0.2, 0) is 0 Å². The Hall–Kier alpha value is -2.08. The summed E-state index contributed by atoms with van der Waals surface area (Å²) in [7, 11) is 1.61. The first-order chi connectivity index (χ1) is 10.7. The van der Waals surface area contributed by atoms with Gasteiger partial charge in [0.05, 0.1) is 7.11 Å². The Morgan fingerprint density at radius 3 is 2.68 bits per heavy atom. The predicted octanol–water partition coefficient (Wildman–Crippen LogP) is 2.42. The van der Waals surface area contributed by atoms with Crippen molar-refractivity contribution in [3.8, 4) is 5.75 Å². The maximum Gasteiger partial charge on any atom is 0.254 e. The quantitative estimate of drug-likeness (QED) is 0.872. The third-order valence-electron chi connectivity index (χ3n) is 3.76. The number of methoxy groups -OCH3 is 1. The van der Waals surface area contributed by atoms with Crippen LogP contribution >= 0.6 is 11.3 Å². The number of aromatic nitrogens is 1. The molecule has 2 aromatic rings. The molecule has 5 nitrogen and oxygen atoms in total. The van der Waals surface area contributed by atoms with E-state index in [1.165, 1.54) is 4.88 Å². The lowest BCUT2D eigenvalue weighted by molar-refractivity contribution is 0.0746. The van der Waals surface area contributed by atoms with E-state index in [0.29, 0.717) is 24.4 Å². The number of carbonyl (C=O) groups is 1. The summed E-state index contributed by atoms with van der Waals surface area (Å²) in [4.78, 5) is 22.3. The molecule has 1 fully saturated rings. The fourth-order valence-electron chi connectivity index (χ4n) is 2.53. The molecule has 116 valence electrons. The lowest BCUT2D eigenvalue weighted by Crippen LogP contribution is -2.48. The Kier molecular flexibility index (Phi) is 4.29. The molecule has 2 heterocycles. The zero-order chi connectivity index (χ0) is 15.5. The van der Waals surface area contributed by atoms with Gasteiger partial charge in [-0.2, -0.15) is 0 Å². The molecule has 1 aromatic heterocycles. The van der Waals surface area contributed by atoms with Crippen molar-refractivity contribution in [2.75, 3.05) is 38.2 Å². The van der Waals surface area contributed by atoms with Crippen molar-refractivity contribution in [2.45, 2.75) is 6.92 Å². The minimum atomic E-state index is 0.0638. The molecule has 1 saturated heterocycles. The minimum absolute atomic E-state index is 0.0638. The SMILES string of the molecule is COc1cccc(C(=O)N2CCN(c3ncc(C)s3)CC2)c1. The monoisotopic (exact) mass is 317 g/mol. The van der Waals surface area contributed by atoms with Gasteiger partial charge in [0.1, 0.15) is 5.75 Å². The molecule has 1 amide bonds. The van der Waals surface area contributed by atoms with Crippen LogP contribution in [0.1, 0.15) is 15.2 Å². The van der Waals surface area contributed by atoms with Gasteiger partial charge in [0.25, 0.3) is 5.91 Å². The Morgan fingerprint density at radius 1 is 1.27 bits per heavy atom. The van der Waals surface area contributed by atoms with E-state index < -0.39 is 0 Å². The average molecular weight is 317 g/mol. The van der Waals surface area contributed by atoms with Gasteiger partial charge < -0.3 is 14.5 Å². The second-order valence-corrected chi connectivity index (χ2v) is 6.48. The van der Waals surface area contributed by atoms with Crippen LogP contribution in [0.15, 0.2) is 30.5 Å². The first-order valence-corrected chi connectivity index (χ1v) is 8.10. The molecular formula is C16H19N3O2S. The predicted molar refractivity (Wildman–Crippen MR) is 88.0 cm³/mol. The van der Waals surface area contributed by atoms with Crippen LogP contribution in [0.2, 0.25) is 0 Å². The third kappa shape index (κ3) is 3.06. The second kappa shape index (κ2) is 6.36. The molecule has 0 aliphatic carbocycles. The lowest BCUT2D eigenvalue weighted by Gasteiger charge is -2.34. The van der Waals surface area contributed by atoms with Crippen LogP contribution in [-0.4, -0.2) is 49.1 Å². The molecule has 0 bridgehead atoms. The summed E-state index contributed by atoms with van der Waals surface area (Å²) in [5.74, 6) is 0.775. The molecule has 6 heteroatoms. The normalized spacial score (nSPS) is 15.0. The zero-order valence-electron chi connectivity index (χ0n) is 12.8. The van der Waals surface area contributed by atoms with E-state index in [2.05, 4.69) is 16.8 Å². The first-order valence-electron chi connectivity index (χ1n) is 7.28. The summed E-state index contributed by atoms with van der Waals surface area (Å²) in [6.45, 7) is 5.14. The summed E-state index contributed by atoms with van der Waals surface area (Å²) < 4.78 is 5.18. The van der Waals surface area contributed by atoms with E-state index in [-0.39, 0.29) is 5.91 Å². The van der Waals surface area contributed by atoms with Gasteiger partial charge in [0.2, 0.25) is 0 Å². The standard InChI is InChI=1S/C16H19N3O2S/c1-12-11-17-16(22-12)19-8-6-18(7-9-19)15(20)13-4-3-5-14(10-13)21-2/h3-5,10-11H,6-9H2,1-2H3. The molecule has 1 aliphatic heterocycles. The Bertz CT molecular complexity index is 663. The van der Waals surface area contributed by atoms with Gasteiger partial charge in [-0.15, -0.1) is 11.3 Å². The molecule has 1 aromatic carbocycles. The second-order valence-electron chi connectivity index (χ2n) is 5.26. The largest absolute Gasteiger partial charge is 0.497 e. The van der Waals surface area contributed by atoms with Crippen molar-refractivity contribution in [1.29, 1.82) is 0 Å². The van der Waals surface area contributed by atoms with Gasteiger partial charge in [0, 0.05) is 42.8 Å². The van der Waals surface area contributed by atoms with Gasteiger partial charge in [-0.1, -0.05) is 6.07 Å². The highest BCUT2D eigenvalue weighted by Crippen LogP contribution is 2.23. The molecule has 0 radical (unpaired) electrons. The highest BCUT2D eigenvalue weighted by molar-refractivity contribution is 7.15. The van der Waals surface area contributed by atoms with Crippen LogP contribution < -0.4 is 9.64 Å². The summed E-state index contributed by atoms with van der Waals surface area (Å²) >= 11 is 1.70. The first kappa shape index (κ1) is 14.8. The van der Waals surface area contributed by atoms with Crippen molar-refractivity contribution < 1.29 is 9.53 Å². The highest BCUT2D eigenvalue weighted by Gasteiger charge is 2.23. The Labute approximate surface area is 134 Å². The summed E-state index contributed by atoms with van der Waals surface area (Å²) in [6.07, 6.45) is 1.90. The van der Waals surface area contributed by atoms with E-state index in [1.54, 1.807) is 24.5 Å². The van der Waals surface area contributed by atoms with Gasteiger partial charge >= 0.3 is 0 Å². The molecule has 0 spiro atoms. The summed E-state index contributed by atoms with van der Waals surface area (Å²) in [6, 6.07) is 7.32. The van der Waals surface area contributed by atoms with E-state index in [9.17, 15) is 4.79 Å². The highest BCUT2D eigenvalue weighted by atomic mass is 32.1. The number of amides is 1. The fourth-order valence-corrected chi connectivity index (χ4v) is 3.34. The number of anilines is 1. The maximum atomic E-state index is 12.6. The molecule has 0 saturated carbocycles. The molecule has 0 atom stereocenters. The van der Waals surface area contributed by atoms with E-state index in [4.69, 9.17) is 4.74 Å². The molecule has 0 N–H and O–H groups in total. The van der Waals surface area contributed by atoms with Gasteiger partial charge in [-0.05, 0) is 25.1 Å². The van der Waals surface area contributed by atoms with Gasteiger partial charge in [-0.3, -0.25) is 4.79 Å². The van der Waals surface area contributed by atoms with Gasteiger partial charge in [-0.25, -0.2) is 4.98 Å². The fraction of sp³-hybridized carbons (Fsp3) is 0.375.